The number of hydrogen-bond acceptors (Lipinski definition) is 4. The Balaban J connectivity index is 1.79. The number of ether oxygens (including phenoxy) is 1. The largest absolute Gasteiger partial charge is 0.416 e. The van der Waals surface area contributed by atoms with Gasteiger partial charge in [0.05, 0.1) is 40.8 Å². The second kappa shape index (κ2) is 5.06. The number of fused-ring (bicyclic) bond motifs is 5. The Morgan fingerprint density at radius 2 is 2.00 bits per heavy atom. The third-order valence-electron chi connectivity index (χ3n) is 4.92. The van der Waals surface area contributed by atoms with Gasteiger partial charge in [0.15, 0.2) is 0 Å². The minimum absolute atomic E-state index is 0.144. The number of imide groups is 1. The van der Waals surface area contributed by atoms with E-state index in [9.17, 15) is 27.9 Å². The molecule has 2 saturated heterocycles. The van der Waals surface area contributed by atoms with Crippen molar-refractivity contribution < 1.29 is 32.6 Å². The van der Waals surface area contributed by atoms with E-state index in [1.54, 1.807) is 6.08 Å². The van der Waals surface area contributed by atoms with E-state index in [1.807, 2.05) is 0 Å². The zero-order valence-electron chi connectivity index (χ0n) is 12.5. The molecule has 1 N–H and O–H groups in total. The summed E-state index contributed by atoms with van der Waals surface area (Å²) < 4.78 is 44.5. The molecular weight excluding hydrogens is 363 g/mol. The van der Waals surface area contributed by atoms with Crippen LogP contribution in [-0.4, -0.2) is 35.2 Å². The molecule has 0 aliphatic carbocycles. The quantitative estimate of drug-likeness (QED) is 0.637. The van der Waals surface area contributed by atoms with Gasteiger partial charge in [0, 0.05) is 0 Å². The van der Waals surface area contributed by atoms with Gasteiger partial charge in [-0.2, -0.15) is 13.2 Å². The maximum absolute atomic E-state index is 13.0. The highest BCUT2D eigenvalue weighted by molar-refractivity contribution is 6.36. The molecule has 1 aromatic rings. The Morgan fingerprint density at radius 3 is 2.64 bits per heavy atom. The summed E-state index contributed by atoms with van der Waals surface area (Å²) in [6.07, 6.45) is -2.22. The maximum atomic E-state index is 13.0. The van der Waals surface area contributed by atoms with Gasteiger partial charge >= 0.3 is 6.18 Å². The number of carbonyl (C=O) groups is 2. The van der Waals surface area contributed by atoms with Gasteiger partial charge in [-0.3, -0.25) is 9.59 Å². The predicted octanol–water partition coefficient (Wildman–Crippen LogP) is 2.16. The van der Waals surface area contributed by atoms with Crippen LogP contribution in [0.1, 0.15) is 5.56 Å². The highest BCUT2D eigenvalue weighted by atomic mass is 35.5. The number of carbonyl (C=O) groups excluding carboxylic acids is 2. The highest BCUT2D eigenvalue weighted by Gasteiger charge is 2.67. The number of alkyl halides is 3. The van der Waals surface area contributed by atoms with Crippen LogP contribution in [0.15, 0.2) is 30.4 Å². The fourth-order valence-electron chi connectivity index (χ4n) is 3.78. The summed E-state index contributed by atoms with van der Waals surface area (Å²) in [5.41, 5.74) is -2.64. The standard InChI is InChI=1S/C16H11ClF3NO4/c17-8-2-1-7(16(18,19)20)5-9(8)21-13(23)11-10-3-4-15(6-22,25-10)12(11)14(21)24/h1-5,10-12,22H,6H2. The second-order valence-electron chi connectivity index (χ2n) is 6.23. The molecule has 1 aromatic carbocycles. The third kappa shape index (κ3) is 2.11. The van der Waals surface area contributed by atoms with E-state index < -0.39 is 53.7 Å². The molecule has 0 spiro atoms. The molecule has 3 aliphatic heterocycles. The number of benzene rings is 1. The van der Waals surface area contributed by atoms with Crippen LogP contribution in [-0.2, 0) is 20.5 Å². The van der Waals surface area contributed by atoms with Crippen molar-refractivity contribution in [2.75, 3.05) is 11.5 Å². The van der Waals surface area contributed by atoms with E-state index in [1.165, 1.54) is 6.08 Å². The smallest absolute Gasteiger partial charge is 0.393 e. The first-order valence-corrected chi connectivity index (χ1v) is 7.80. The predicted molar refractivity (Wildman–Crippen MR) is 79.8 cm³/mol. The summed E-state index contributed by atoms with van der Waals surface area (Å²) in [6, 6.07) is 2.46. The molecule has 25 heavy (non-hydrogen) atoms. The first-order chi connectivity index (χ1) is 11.7. The average Bonchev–Trinajstić information content (AvgIpc) is 3.19. The Bertz CT molecular complexity index is 824. The van der Waals surface area contributed by atoms with Crippen molar-refractivity contribution in [2.45, 2.75) is 17.9 Å². The SMILES string of the molecule is O=C1C2C3C=CC(CO)(O3)C2C(=O)N1c1cc(C(F)(F)F)ccc1Cl. The molecule has 4 unspecified atom stereocenters. The number of amides is 2. The topological polar surface area (TPSA) is 66.8 Å². The number of nitrogens with zero attached hydrogens (tertiary/aromatic N) is 1. The fraction of sp³-hybridized carbons (Fsp3) is 0.375. The lowest BCUT2D eigenvalue weighted by Crippen LogP contribution is -2.43. The lowest BCUT2D eigenvalue weighted by atomic mass is 9.77. The maximum Gasteiger partial charge on any atom is 0.416 e. The average molecular weight is 374 g/mol. The number of rotatable bonds is 2. The Morgan fingerprint density at radius 1 is 1.28 bits per heavy atom. The van der Waals surface area contributed by atoms with E-state index >= 15 is 0 Å². The van der Waals surface area contributed by atoms with Crippen LogP contribution in [0.4, 0.5) is 18.9 Å². The Kier molecular flexibility index (Phi) is 3.35. The molecule has 4 rings (SSSR count). The van der Waals surface area contributed by atoms with Gasteiger partial charge in [0.25, 0.3) is 0 Å². The fourth-order valence-corrected chi connectivity index (χ4v) is 3.98. The molecule has 3 aliphatic rings. The van der Waals surface area contributed by atoms with Crippen molar-refractivity contribution in [3.05, 3.63) is 40.9 Å². The molecule has 132 valence electrons. The summed E-state index contributed by atoms with van der Waals surface area (Å²) in [4.78, 5) is 26.2. The summed E-state index contributed by atoms with van der Waals surface area (Å²) in [6.45, 7) is -0.510. The molecule has 5 nitrogen and oxygen atoms in total. The minimum Gasteiger partial charge on any atom is -0.393 e. The lowest BCUT2D eigenvalue weighted by Gasteiger charge is -2.26. The van der Waals surface area contributed by atoms with E-state index in [0.29, 0.717) is 11.0 Å². The van der Waals surface area contributed by atoms with Crippen LogP contribution in [0, 0.1) is 11.8 Å². The normalized spacial score (nSPS) is 33.5. The first-order valence-electron chi connectivity index (χ1n) is 7.42. The van der Waals surface area contributed by atoms with Gasteiger partial charge in [-0.15, -0.1) is 0 Å². The third-order valence-corrected chi connectivity index (χ3v) is 5.24. The summed E-state index contributed by atoms with van der Waals surface area (Å²) in [5.74, 6) is -3.26. The number of halogens is 4. The summed E-state index contributed by atoms with van der Waals surface area (Å²) in [7, 11) is 0. The van der Waals surface area contributed by atoms with Crippen molar-refractivity contribution >= 4 is 29.1 Å². The molecule has 3 heterocycles. The molecule has 2 bridgehead atoms. The molecule has 4 atom stereocenters. The molecule has 2 amide bonds. The number of hydrogen-bond donors (Lipinski definition) is 1. The van der Waals surface area contributed by atoms with Crippen molar-refractivity contribution in [1.29, 1.82) is 0 Å². The van der Waals surface area contributed by atoms with E-state index in [-0.39, 0.29) is 10.7 Å². The van der Waals surface area contributed by atoms with Crippen LogP contribution in [0.25, 0.3) is 0 Å². The van der Waals surface area contributed by atoms with Gasteiger partial charge in [0.1, 0.15) is 5.60 Å². The van der Waals surface area contributed by atoms with Crippen molar-refractivity contribution in [3.63, 3.8) is 0 Å². The Hall–Kier alpha value is -1.90. The van der Waals surface area contributed by atoms with Gasteiger partial charge in [-0.25, -0.2) is 4.90 Å². The molecule has 0 aromatic heterocycles. The van der Waals surface area contributed by atoms with Crippen LogP contribution in [0.2, 0.25) is 5.02 Å². The van der Waals surface area contributed by atoms with E-state index in [4.69, 9.17) is 16.3 Å². The molecule has 9 heteroatoms. The zero-order chi connectivity index (χ0) is 18.1. The van der Waals surface area contributed by atoms with Crippen molar-refractivity contribution in [1.82, 2.24) is 0 Å². The molecular formula is C16H11ClF3NO4. The van der Waals surface area contributed by atoms with Crippen LogP contribution in [0.5, 0.6) is 0 Å². The summed E-state index contributed by atoms with van der Waals surface area (Å²) >= 11 is 5.96. The Labute approximate surface area is 144 Å². The number of anilines is 1. The zero-order valence-corrected chi connectivity index (χ0v) is 13.2. The van der Waals surface area contributed by atoms with Gasteiger partial charge in [0.2, 0.25) is 11.8 Å². The second-order valence-corrected chi connectivity index (χ2v) is 6.64. The van der Waals surface area contributed by atoms with Gasteiger partial charge in [-0.1, -0.05) is 23.8 Å². The van der Waals surface area contributed by atoms with Crippen LogP contribution >= 0.6 is 11.6 Å². The monoisotopic (exact) mass is 373 g/mol. The molecule has 0 saturated carbocycles. The summed E-state index contributed by atoms with van der Waals surface area (Å²) in [5, 5.41) is 9.48. The van der Waals surface area contributed by atoms with Crippen molar-refractivity contribution in [2.24, 2.45) is 11.8 Å². The van der Waals surface area contributed by atoms with Gasteiger partial charge in [-0.05, 0) is 18.2 Å². The minimum atomic E-state index is -4.64. The van der Waals surface area contributed by atoms with Gasteiger partial charge < -0.3 is 9.84 Å². The molecule has 2 fully saturated rings. The number of aliphatic hydroxyl groups excluding tert-OH is 1. The van der Waals surface area contributed by atoms with Crippen molar-refractivity contribution in [3.8, 4) is 0 Å². The van der Waals surface area contributed by atoms with E-state index in [0.717, 1.165) is 12.1 Å². The van der Waals surface area contributed by atoms with Crippen LogP contribution in [0.3, 0.4) is 0 Å². The lowest BCUT2D eigenvalue weighted by molar-refractivity contribution is -0.137. The first kappa shape index (κ1) is 16.6. The molecule has 0 radical (unpaired) electrons. The van der Waals surface area contributed by atoms with E-state index in [2.05, 4.69) is 0 Å². The highest BCUT2D eigenvalue weighted by Crippen LogP contribution is 2.53. The van der Waals surface area contributed by atoms with Crippen LogP contribution < -0.4 is 4.90 Å². The number of aliphatic hydroxyl groups is 1.